The Hall–Kier alpha value is -0.0400. The molecular formula is C9H21N. The Morgan fingerprint density at radius 1 is 1.20 bits per heavy atom. The van der Waals surface area contributed by atoms with Gasteiger partial charge >= 0.3 is 0 Å². The smallest absolute Gasteiger partial charge is 0.00463 e. The maximum absolute atomic E-state index is 5.62. The first-order valence-electron chi connectivity index (χ1n) is 4.33. The van der Waals surface area contributed by atoms with E-state index in [1.54, 1.807) is 0 Å². The molecule has 0 spiro atoms. The van der Waals surface area contributed by atoms with Crippen molar-refractivity contribution in [2.75, 3.05) is 6.54 Å². The van der Waals surface area contributed by atoms with Crippen LogP contribution in [0.4, 0.5) is 0 Å². The molecule has 0 aliphatic heterocycles. The highest BCUT2D eigenvalue weighted by Gasteiger charge is 2.16. The topological polar surface area (TPSA) is 26.0 Å². The van der Waals surface area contributed by atoms with Crippen molar-refractivity contribution >= 4 is 0 Å². The van der Waals surface area contributed by atoms with Gasteiger partial charge in [0.05, 0.1) is 0 Å². The molecule has 2 N–H and O–H groups in total. The second-order valence-corrected chi connectivity index (χ2v) is 3.51. The molecular weight excluding hydrogens is 122 g/mol. The molecule has 2 unspecified atom stereocenters. The minimum Gasteiger partial charge on any atom is -0.330 e. The lowest BCUT2D eigenvalue weighted by molar-refractivity contribution is 0.276. The Morgan fingerprint density at radius 3 is 1.80 bits per heavy atom. The Labute approximate surface area is 65.0 Å². The summed E-state index contributed by atoms with van der Waals surface area (Å²) in [5.41, 5.74) is 5.62. The highest BCUT2D eigenvalue weighted by atomic mass is 14.6. The van der Waals surface area contributed by atoms with Gasteiger partial charge in [0.15, 0.2) is 0 Å². The van der Waals surface area contributed by atoms with Gasteiger partial charge in [-0.25, -0.2) is 0 Å². The first-order chi connectivity index (χ1) is 4.63. The van der Waals surface area contributed by atoms with Crippen LogP contribution < -0.4 is 5.73 Å². The normalized spacial score (nSPS) is 17.4. The summed E-state index contributed by atoms with van der Waals surface area (Å²) in [6.07, 6.45) is 1.22. The van der Waals surface area contributed by atoms with E-state index in [4.69, 9.17) is 5.73 Å². The fraction of sp³-hybridized carbons (Fsp3) is 1.00. The van der Waals surface area contributed by atoms with E-state index < -0.39 is 0 Å². The van der Waals surface area contributed by atoms with Crippen LogP contribution in [0.1, 0.15) is 34.1 Å². The van der Waals surface area contributed by atoms with E-state index in [1.807, 2.05) is 0 Å². The van der Waals surface area contributed by atoms with E-state index in [1.165, 1.54) is 6.42 Å². The number of hydrogen-bond acceptors (Lipinski definition) is 1. The molecule has 0 aliphatic carbocycles. The monoisotopic (exact) mass is 143 g/mol. The molecule has 62 valence electrons. The van der Waals surface area contributed by atoms with Crippen molar-refractivity contribution < 1.29 is 0 Å². The molecule has 10 heavy (non-hydrogen) atoms. The summed E-state index contributed by atoms with van der Waals surface area (Å²) in [6, 6.07) is 0. The zero-order chi connectivity index (χ0) is 8.15. The molecule has 0 fully saturated rings. The number of nitrogens with two attached hydrogens (primary N) is 1. The lowest BCUT2D eigenvalue weighted by Crippen LogP contribution is -2.24. The summed E-state index contributed by atoms with van der Waals surface area (Å²) in [5, 5.41) is 0. The van der Waals surface area contributed by atoms with Gasteiger partial charge in [-0.2, -0.15) is 0 Å². The van der Waals surface area contributed by atoms with E-state index in [0.29, 0.717) is 0 Å². The van der Waals surface area contributed by atoms with Gasteiger partial charge in [0, 0.05) is 0 Å². The highest BCUT2D eigenvalue weighted by molar-refractivity contribution is 4.68. The summed E-state index contributed by atoms with van der Waals surface area (Å²) in [4.78, 5) is 0. The third-order valence-corrected chi connectivity index (χ3v) is 2.62. The molecule has 0 aliphatic rings. The molecule has 0 aromatic rings. The lowest BCUT2D eigenvalue weighted by Gasteiger charge is -2.24. The van der Waals surface area contributed by atoms with Crippen molar-refractivity contribution in [3.05, 3.63) is 0 Å². The van der Waals surface area contributed by atoms with Crippen molar-refractivity contribution in [3.63, 3.8) is 0 Å². The molecule has 0 amide bonds. The largest absolute Gasteiger partial charge is 0.330 e. The molecule has 0 aromatic heterocycles. The third kappa shape index (κ3) is 2.70. The van der Waals surface area contributed by atoms with Gasteiger partial charge in [-0.15, -0.1) is 0 Å². The predicted molar refractivity (Wildman–Crippen MR) is 46.8 cm³/mol. The second kappa shape index (κ2) is 4.73. The third-order valence-electron chi connectivity index (χ3n) is 2.62. The summed E-state index contributed by atoms with van der Waals surface area (Å²) in [5.74, 6) is 2.27. The molecule has 0 rings (SSSR count). The average Bonchev–Trinajstić information content (AvgIpc) is 1.90. The van der Waals surface area contributed by atoms with Crippen LogP contribution in [0.5, 0.6) is 0 Å². The summed E-state index contributed by atoms with van der Waals surface area (Å²) in [7, 11) is 0. The van der Waals surface area contributed by atoms with Gasteiger partial charge in [-0.1, -0.05) is 34.1 Å². The van der Waals surface area contributed by atoms with Gasteiger partial charge in [-0.05, 0) is 24.3 Å². The van der Waals surface area contributed by atoms with E-state index in [0.717, 1.165) is 24.3 Å². The van der Waals surface area contributed by atoms with E-state index >= 15 is 0 Å². The van der Waals surface area contributed by atoms with Crippen LogP contribution in [0.3, 0.4) is 0 Å². The Bertz CT molecular complexity index is 74.8. The van der Waals surface area contributed by atoms with Gasteiger partial charge < -0.3 is 5.73 Å². The molecule has 1 nitrogen and oxygen atoms in total. The predicted octanol–water partition coefficient (Wildman–Crippen LogP) is 2.26. The maximum atomic E-state index is 5.62. The number of rotatable bonds is 4. The van der Waals surface area contributed by atoms with E-state index in [-0.39, 0.29) is 0 Å². The number of hydrogen-bond donors (Lipinski definition) is 1. The van der Waals surface area contributed by atoms with Crippen LogP contribution in [0.2, 0.25) is 0 Å². The minimum absolute atomic E-state index is 0.722. The van der Waals surface area contributed by atoms with Crippen LogP contribution in [-0.2, 0) is 0 Å². The fourth-order valence-corrected chi connectivity index (χ4v) is 1.30. The molecule has 1 heteroatoms. The fourth-order valence-electron chi connectivity index (χ4n) is 1.30. The molecule has 0 aromatic carbocycles. The molecule has 0 heterocycles. The van der Waals surface area contributed by atoms with Crippen LogP contribution >= 0.6 is 0 Å². The van der Waals surface area contributed by atoms with Crippen molar-refractivity contribution in [3.8, 4) is 0 Å². The van der Waals surface area contributed by atoms with Crippen molar-refractivity contribution in [2.24, 2.45) is 23.5 Å². The van der Waals surface area contributed by atoms with Crippen LogP contribution in [0.25, 0.3) is 0 Å². The van der Waals surface area contributed by atoms with Crippen LogP contribution in [0.15, 0.2) is 0 Å². The SMILES string of the molecule is CCC(CN)C(C)C(C)C. The minimum atomic E-state index is 0.722. The molecule has 0 bridgehead atoms. The second-order valence-electron chi connectivity index (χ2n) is 3.51. The Balaban J connectivity index is 3.76. The maximum Gasteiger partial charge on any atom is -0.00463 e. The van der Waals surface area contributed by atoms with Gasteiger partial charge in [0.1, 0.15) is 0 Å². The van der Waals surface area contributed by atoms with Gasteiger partial charge in [-0.3, -0.25) is 0 Å². The Morgan fingerprint density at radius 2 is 1.70 bits per heavy atom. The van der Waals surface area contributed by atoms with Crippen LogP contribution in [-0.4, -0.2) is 6.54 Å². The van der Waals surface area contributed by atoms with Crippen molar-refractivity contribution in [2.45, 2.75) is 34.1 Å². The summed E-state index contributed by atoms with van der Waals surface area (Å²) < 4.78 is 0. The molecule has 0 saturated carbocycles. The average molecular weight is 143 g/mol. The zero-order valence-corrected chi connectivity index (χ0v) is 7.72. The quantitative estimate of drug-likeness (QED) is 0.642. The molecule has 0 radical (unpaired) electrons. The van der Waals surface area contributed by atoms with Gasteiger partial charge in [0.25, 0.3) is 0 Å². The van der Waals surface area contributed by atoms with Gasteiger partial charge in [0.2, 0.25) is 0 Å². The van der Waals surface area contributed by atoms with Crippen molar-refractivity contribution in [1.82, 2.24) is 0 Å². The first kappa shape index (κ1) is 9.96. The summed E-state index contributed by atoms with van der Waals surface area (Å²) in [6.45, 7) is 9.89. The molecule has 0 saturated heterocycles. The van der Waals surface area contributed by atoms with E-state index in [2.05, 4.69) is 27.7 Å². The molecule has 2 atom stereocenters. The standard InChI is InChI=1S/C9H21N/c1-5-9(6-10)8(4)7(2)3/h7-9H,5-6,10H2,1-4H3. The zero-order valence-electron chi connectivity index (χ0n) is 7.72. The van der Waals surface area contributed by atoms with Crippen molar-refractivity contribution in [1.29, 1.82) is 0 Å². The summed E-state index contributed by atoms with van der Waals surface area (Å²) >= 11 is 0. The Kier molecular flexibility index (Phi) is 4.71. The highest BCUT2D eigenvalue weighted by Crippen LogP contribution is 2.21. The van der Waals surface area contributed by atoms with E-state index in [9.17, 15) is 0 Å². The first-order valence-corrected chi connectivity index (χ1v) is 4.33. The lowest BCUT2D eigenvalue weighted by atomic mass is 9.83. The van der Waals surface area contributed by atoms with Crippen LogP contribution in [0, 0.1) is 17.8 Å².